The van der Waals surface area contributed by atoms with Crippen molar-refractivity contribution >= 4 is 23.2 Å². The number of hydrogen-bond acceptors (Lipinski definition) is 3. The van der Waals surface area contributed by atoms with Gasteiger partial charge in [-0.25, -0.2) is 4.39 Å². The summed E-state index contributed by atoms with van der Waals surface area (Å²) in [5, 5.41) is 4.84. The fourth-order valence-corrected chi connectivity index (χ4v) is 4.47. The number of carbonyl (C=O) groups is 2. The van der Waals surface area contributed by atoms with E-state index in [-0.39, 0.29) is 23.5 Å². The summed E-state index contributed by atoms with van der Waals surface area (Å²) in [5.41, 5.74) is 1.75. The molecule has 2 atom stereocenters. The largest absolute Gasteiger partial charge is 0.352 e. The summed E-state index contributed by atoms with van der Waals surface area (Å²) >= 11 is 1.38. The van der Waals surface area contributed by atoms with Gasteiger partial charge < -0.3 is 10.2 Å². The first-order chi connectivity index (χ1) is 14.1. The Kier molecular flexibility index (Phi) is 5.71. The zero-order valence-corrected chi connectivity index (χ0v) is 16.6. The van der Waals surface area contributed by atoms with Gasteiger partial charge >= 0.3 is 0 Å². The number of carbonyl (C=O) groups excluding carboxylic acids is 2. The highest BCUT2D eigenvalue weighted by atomic mass is 32.1. The summed E-state index contributed by atoms with van der Waals surface area (Å²) in [5.74, 6) is -1.21. The highest BCUT2D eigenvalue weighted by Crippen LogP contribution is 2.34. The van der Waals surface area contributed by atoms with Crippen molar-refractivity contribution in [2.75, 3.05) is 13.1 Å². The normalized spacial score (nSPS) is 18.6. The molecule has 0 bridgehead atoms. The molecule has 4 rings (SSSR count). The van der Waals surface area contributed by atoms with E-state index in [1.165, 1.54) is 23.5 Å². The van der Waals surface area contributed by atoms with Crippen molar-refractivity contribution in [1.29, 1.82) is 0 Å². The summed E-state index contributed by atoms with van der Waals surface area (Å²) in [6.07, 6.45) is 0. The maximum absolute atomic E-state index is 13.8. The molecule has 2 amide bonds. The van der Waals surface area contributed by atoms with Crippen LogP contribution in [0.1, 0.15) is 26.7 Å². The summed E-state index contributed by atoms with van der Waals surface area (Å²) in [6.45, 7) is 1.13. The third kappa shape index (κ3) is 4.38. The van der Waals surface area contributed by atoms with E-state index in [0.29, 0.717) is 24.5 Å². The van der Waals surface area contributed by atoms with Gasteiger partial charge in [0, 0.05) is 25.6 Å². The lowest BCUT2D eigenvalue weighted by atomic mass is 9.88. The van der Waals surface area contributed by atoms with Gasteiger partial charge in [0.25, 0.3) is 5.91 Å². The van der Waals surface area contributed by atoms with Gasteiger partial charge in [-0.15, -0.1) is 11.3 Å². The fourth-order valence-electron chi connectivity index (χ4n) is 3.78. The topological polar surface area (TPSA) is 49.4 Å². The van der Waals surface area contributed by atoms with Gasteiger partial charge in [-0.2, -0.15) is 0 Å². The molecule has 2 heterocycles. The summed E-state index contributed by atoms with van der Waals surface area (Å²) in [7, 11) is 0. The monoisotopic (exact) mass is 408 g/mol. The van der Waals surface area contributed by atoms with E-state index in [1.807, 2.05) is 47.8 Å². The summed E-state index contributed by atoms with van der Waals surface area (Å²) < 4.78 is 13.8. The van der Waals surface area contributed by atoms with Crippen molar-refractivity contribution in [2.45, 2.75) is 12.5 Å². The van der Waals surface area contributed by atoms with Crippen molar-refractivity contribution in [1.82, 2.24) is 10.2 Å². The number of nitrogens with one attached hydrogen (secondary N) is 1. The SMILES string of the molecule is O=C(NCc1ccccc1)C1CN(C(=O)c2cccs2)CC1c1cccc(F)c1. The molecular weight excluding hydrogens is 387 g/mol. The number of rotatable bonds is 5. The highest BCUT2D eigenvalue weighted by Gasteiger charge is 2.40. The van der Waals surface area contributed by atoms with Crippen molar-refractivity contribution < 1.29 is 14.0 Å². The Labute approximate surface area is 173 Å². The van der Waals surface area contributed by atoms with Crippen LogP contribution in [0.4, 0.5) is 4.39 Å². The van der Waals surface area contributed by atoms with Crippen LogP contribution in [-0.4, -0.2) is 29.8 Å². The Morgan fingerprint density at radius 2 is 1.86 bits per heavy atom. The fraction of sp³-hybridized carbons (Fsp3) is 0.217. The lowest BCUT2D eigenvalue weighted by molar-refractivity contribution is -0.125. The van der Waals surface area contributed by atoms with E-state index in [1.54, 1.807) is 17.0 Å². The molecule has 2 aromatic carbocycles. The number of benzene rings is 2. The Morgan fingerprint density at radius 3 is 2.59 bits per heavy atom. The molecule has 1 aromatic heterocycles. The third-order valence-electron chi connectivity index (χ3n) is 5.26. The van der Waals surface area contributed by atoms with Crippen LogP contribution in [0.25, 0.3) is 0 Å². The molecule has 0 spiro atoms. The first-order valence-electron chi connectivity index (χ1n) is 9.51. The predicted molar refractivity (Wildman–Crippen MR) is 111 cm³/mol. The van der Waals surface area contributed by atoms with Gasteiger partial charge in [-0.1, -0.05) is 48.5 Å². The molecule has 0 aliphatic carbocycles. The minimum Gasteiger partial charge on any atom is -0.352 e. The summed E-state index contributed by atoms with van der Waals surface area (Å²) in [4.78, 5) is 28.2. The average molecular weight is 408 g/mol. The van der Waals surface area contributed by atoms with E-state index in [9.17, 15) is 14.0 Å². The van der Waals surface area contributed by atoms with Crippen molar-refractivity contribution in [3.05, 3.63) is 93.9 Å². The molecule has 0 saturated carbocycles. The summed E-state index contributed by atoms with van der Waals surface area (Å²) in [6, 6.07) is 19.6. The second-order valence-electron chi connectivity index (χ2n) is 7.16. The minimum absolute atomic E-state index is 0.0836. The molecule has 6 heteroatoms. The second kappa shape index (κ2) is 8.57. The quantitative estimate of drug-likeness (QED) is 0.692. The van der Waals surface area contributed by atoms with Crippen molar-refractivity contribution in [2.24, 2.45) is 5.92 Å². The zero-order chi connectivity index (χ0) is 20.2. The predicted octanol–water partition coefficient (Wildman–Crippen LogP) is 4.06. The van der Waals surface area contributed by atoms with Crippen molar-refractivity contribution in [3.63, 3.8) is 0 Å². The first kappa shape index (κ1) is 19.3. The number of hydrogen-bond donors (Lipinski definition) is 1. The van der Waals surface area contributed by atoms with Crippen LogP contribution >= 0.6 is 11.3 Å². The van der Waals surface area contributed by atoms with Crippen LogP contribution in [0.15, 0.2) is 72.1 Å². The van der Waals surface area contributed by atoms with Crippen LogP contribution in [0.2, 0.25) is 0 Å². The Bertz CT molecular complexity index is 991. The molecule has 2 unspecified atom stereocenters. The molecular formula is C23H21FN2O2S. The first-order valence-corrected chi connectivity index (χ1v) is 10.4. The number of amides is 2. The molecule has 1 saturated heterocycles. The molecule has 1 aliphatic heterocycles. The van der Waals surface area contributed by atoms with Gasteiger partial charge in [-0.05, 0) is 34.7 Å². The Hall–Kier alpha value is -2.99. The standard InChI is InChI=1S/C23H21FN2O2S/c24-18-9-4-8-17(12-18)19-14-26(23(28)21-10-5-11-29-21)15-20(19)22(27)25-13-16-6-2-1-3-7-16/h1-12,19-20H,13-15H2,(H,25,27). The van der Waals surface area contributed by atoms with E-state index in [0.717, 1.165) is 11.1 Å². The van der Waals surface area contributed by atoms with Gasteiger partial charge in [0.05, 0.1) is 10.8 Å². The van der Waals surface area contributed by atoms with Crippen LogP contribution in [0, 0.1) is 11.7 Å². The number of halogens is 1. The number of likely N-dealkylation sites (tertiary alicyclic amines) is 1. The third-order valence-corrected chi connectivity index (χ3v) is 6.12. The van der Waals surface area contributed by atoms with E-state index >= 15 is 0 Å². The Morgan fingerprint density at radius 1 is 1.03 bits per heavy atom. The lowest BCUT2D eigenvalue weighted by Crippen LogP contribution is -2.35. The molecule has 1 fully saturated rings. The molecule has 29 heavy (non-hydrogen) atoms. The molecule has 1 aliphatic rings. The number of thiophene rings is 1. The van der Waals surface area contributed by atoms with Gasteiger partial charge in [0.15, 0.2) is 0 Å². The van der Waals surface area contributed by atoms with E-state index < -0.39 is 5.92 Å². The van der Waals surface area contributed by atoms with E-state index in [4.69, 9.17) is 0 Å². The molecule has 0 radical (unpaired) electrons. The average Bonchev–Trinajstić information content (AvgIpc) is 3.43. The van der Waals surface area contributed by atoms with Crippen molar-refractivity contribution in [3.8, 4) is 0 Å². The lowest BCUT2D eigenvalue weighted by Gasteiger charge is -2.18. The minimum atomic E-state index is -0.426. The number of nitrogens with zero attached hydrogens (tertiary/aromatic N) is 1. The van der Waals surface area contributed by atoms with E-state index in [2.05, 4.69) is 5.32 Å². The maximum Gasteiger partial charge on any atom is 0.263 e. The van der Waals surface area contributed by atoms with Crippen LogP contribution in [0.3, 0.4) is 0 Å². The van der Waals surface area contributed by atoms with Crippen LogP contribution in [-0.2, 0) is 11.3 Å². The Balaban J connectivity index is 1.54. The van der Waals surface area contributed by atoms with Crippen LogP contribution in [0.5, 0.6) is 0 Å². The molecule has 148 valence electrons. The van der Waals surface area contributed by atoms with Gasteiger partial charge in [0.1, 0.15) is 5.82 Å². The molecule has 3 aromatic rings. The van der Waals surface area contributed by atoms with Gasteiger partial charge in [-0.3, -0.25) is 9.59 Å². The second-order valence-corrected chi connectivity index (χ2v) is 8.11. The smallest absolute Gasteiger partial charge is 0.263 e. The molecule has 1 N–H and O–H groups in total. The zero-order valence-electron chi connectivity index (χ0n) is 15.8. The molecule has 4 nitrogen and oxygen atoms in total. The maximum atomic E-state index is 13.8. The highest BCUT2D eigenvalue weighted by molar-refractivity contribution is 7.12. The van der Waals surface area contributed by atoms with Crippen LogP contribution < -0.4 is 5.32 Å². The van der Waals surface area contributed by atoms with Gasteiger partial charge in [0.2, 0.25) is 5.91 Å².